The fourth-order valence-corrected chi connectivity index (χ4v) is 2.67. The number of amides is 1. The molecule has 1 aromatic heterocycles. The minimum absolute atomic E-state index is 0.203. The second-order valence-corrected chi connectivity index (χ2v) is 5.43. The van der Waals surface area contributed by atoms with Gasteiger partial charge in [0, 0.05) is 5.71 Å². The molecule has 0 aliphatic heterocycles. The number of nitrogens with one attached hydrogen (secondary N) is 1. The highest BCUT2D eigenvalue weighted by Gasteiger charge is 2.37. The van der Waals surface area contributed by atoms with Crippen LogP contribution in [0.1, 0.15) is 31.5 Å². The summed E-state index contributed by atoms with van der Waals surface area (Å²) in [5.41, 5.74) is 3.69. The summed E-state index contributed by atoms with van der Waals surface area (Å²) in [5, 5.41) is 3.98. The average Bonchev–Trinajstić information content (AvgIpc) is 3.13. The fraction of sp³-hybridized carbons (Fsp3) is 0.400. The predicted octanol–water partition coefficient (Wildman–Crippen LogP) is 3.10. The van der Waals surface area contributed by atoms with E-state index in [2.05, 4.69) is 15.5 Å². The molecule has 1 N–H and O–H groups in total. The molecular weight excluding hydrogens is 309 g/mol. The molecule has 0 saturated heterocycles. The van der Waals surface area contributed by atoms with Gasteiger partial charge < -0.3 is 4.57 Å². The van der Waals surface area contributed by atoms with Gasteiger partial charge in [-0.3, -0.25) is 4.79 Å². The third kappa shape index (κ3) is 3.35. The Labute approximate surface area is 130 Å². The summed E-state index contributed by atoms with van der Waals surface area (Å²) >= 11 is 0. The van der Waals surface area contributed by atoms with Gasteiger partial charge in [0.25, 0.3) is 5.91 Å². The van der Waals surface area contributed by atoms with Crippen molar-refractivity contribution in [1.82, 2.24) is 15.0 Å². The summed E-state index contributed by atoms with van der Waals surface area (Å²) in [6.07, 6.45) is -0.932. The molecular formula is C15H15F3N4O. The number of rotatable bonds is 3. The van der Waals surface area contributed by atoms with Crippen LogP contribution in [-0.2, 0) is 17.5 Å². The Kier molecular flexibility index (Phi) is 4.06. The molecule has 1 aliphatic carbocycles. The number of carbonyl (C=O) groups is 1. The van der Waals surface area contributed by atoms with Gasteiger partial charge >= 0.3 is 6.18 Å². The van der Waals surface area contributed by atoms with Crippen LogP contribution in [0.25, 0.3) is 11.0 Å². The van der Waals surface area contributed by atoms with Gasteiger partial charge in [-0.05, 0) is 37.8 Å². The Hall–Kier alpha value is -2.38. The zero-order valence-corrected chi connectivity index (χ0v) is 12.2. The Morgan fingerprint density at radius 1 is 1.26 bits per heavy atom. The zero-order chi connectivity index (χ0) is 16.4. The average molecular weight is 324 g/mol. The molecule has 1 aliphatic rings. The first-order chi connectivity index (χ1) is 10.9. The summed E-state index contributed by atoms with van der Waals surface area (Å²) in [7, 11) is 0. The molecule has 1 aromatic carbocycles. The fourth-order valence-electron chi connectivity index (χ4n) is 2.67. The maximum absolute atomic E-state index is 13.1. The molecule has 122 valence electrons. The van der Waals surface area contributed by atoms with E-state index < -0.39 is 24.5 Å². The SMILES string of the molecule is O=C(Cn1c(C(F)(F)F)nc2ccccc21)NN=C1CCCC1. The molecule has 1 fully saturated rings. The number of fused-ring (bicyclic) bond motifs is 1. The highest BCUT2D eigenvalue weighted by Crippen LogP contribution is 2.31. The number of benzene rings is 1. The molecule has 1 amide bonds. The molecule has 0 spiro atoms. The molecule has 0 atom stereocenters. The Morgan fingerprint density at radius 3 is 2.65 bits per heavy atom. The van der Waals surface area contributed by atoms with E-state index in [9.17, 15) is 18.0 Å². The van der Waals surface area contributed by atoms with Crippen LogP contribution in [-0.4, -0.2) is 21.2 Å². The highest BCUT2D eigenvalue weighted by atomic mass is 19.4. The van der Waals surface area contributed by atoms with Crippen LogP contribution in [0.2, 0.25) is 0 Å². The largest absolute Gasteiger partial charge is 0.449 e. The number of aromatic nitrogens is 2. The molecule has 1 heterocycles. The van der Waals surface area contributed by atoms with Gasteiger partial charge in [0.15, 0.2) is 0 Å². The summed E-state index contributed by atoms with van der Waals surface area (Å²) in [6.45, 7) is -0.480. The number of halogens is 3. The lowest BCUT2D eigenvalue weighted by molar-refractivity contribution is -0.147. The first kappa shape index (κ1) is 15.5. The van der Waals surface area contributed by atoms with Gasteiger partial charge in [0.05, 0.1) is 11.0 Å². The van der Waals surface area contributed by atoms with Crippen molar-refractivity contribution in [3.05, 3.63) is 30.1 Å². The third-order valence-electron chi connectivity index (χ3n) is 3.73. The van der Waals surface area contributed by atoms with Gasteiger partial charge in [-0.25, -0.2) is 10.4 Å². The van der Waals surface area contributed by atoms with Crippen LogP contribution in [0.4, 0.5) is 13.2 Å². The molecule has 0 bridgehead atoms. The highest BCUT2D eigenvalue weighted by molar-refractivity contribution is 5.88. The quantitative estimate of drug-likeness (QED) is 0.882. The topological polar surface area (TPSA) is 59.3 Å². The maximum atomic E-state index is 13.1. The Bertz CT molecular complexity index is 756. The number of hydrogen-bond acceptors (Lipinski definition) is 3. The van der Waals surface area contributed by atoms with Crippen molar-refractivity contribution in [2.24, 2.45) is 5.10 Å². The van der Waals surface area contributed by atoms with Crippen LogP contribution < -0.4 is 5.43 Å². The number of nitrogens with zero attached hydrogens (tertiary/aromatic N) is 3. The van der Waals surface area contributed by atoms with E-state index in [1.165, 1.54) is 12.1 Å². The number of imidazole rings is 1. The maximum Gasteiger partial charge on any atom is 0.449 e. The van der Waals surface area contributed by atoms with Gasteiger partial charge in [-0.1, -0.05) is 12.1 Å². The van der Waals surface area contributed by atoms with Crippen molar-refractivity contribution in [1.29, 1.82) is 0 Å². The Morgan fingerprint density at radius 2 is 1.96 bits per heavy atom. The molecule has 2 aromatic rings. The van der Waals surface area contributed by atoms with Crippen molar-refractivity contribution in [3.8, 4) is 0 Å². The van der Waals surface area contributed by atoms with Gasteiger partial charge in [-0.2, -0.15) is 18.3 Å². The van der Waals surface area contributed by atoms with Crippen molar-refractivity contribution in [2.45, 2.75) is 38.4 Å². The predicted molar refractivity (Wildman–Crippen MR) is 78.8 cm³/mol. The Balaban J connectivity index is 1.86. The summed E-state index contributed by atoms with van der Waals surface area (Å²) < 4.78 is 40.3. The molecule has 8 heteroatoms. The summed E-state index contributed by atoms with van der Waals surface area (Å²) in [5.74, 6) is -1.68. The van der Waals surface area contributed by atoms with Crippen LogP contribution in [0.5, 0.6) is 0 Å². The van der Waals surface area contributed by atoms with Crippen molar-refractivity contribution in [3.63, 3.8) is 0 Å². The first-order valence-corrected chi connectivity index (χ1v) is 7.32. The number of hydrazone groups is 1. The van der Waals surface area contributed by atoms with E-state index in [1.807, 2.05) is 0 Å². The normalized spacial score (nSPS) is 15.2. The van der Waals surface area contributed by atoms with Crippen LogP contribution in [0.15, 0.2) is 29.4 Å². The van der Waals surface area contributed by atoms with Gasteiger partial charge in [0.1, 0.15) is 6.54 Å². The van der Waals surface area contributed by atoms with E-state index in [0.29, 0.717) is 0 Å². The zero-order valence-electron chi connectivity index (χ0n) is 12.2. The van der Waals surface area contributed by atoms with E-state index in [1.54, 1.807) is 12.1 Å². The minimum Gasteiger partial charge on any atom is -0.311 e. The molecule has 3 rings (SSSR count). The molecule has 0 unspecified atom stereocenters. The molecule has 1 saturated carbocycles. The molecule has 5 nitrogen and oxygen atoms in total. The van der Waals surface area contributed by atoms with E-state index in [4.69, 9.17) is 0 Å². The summed E-state index contributed by atoms with van der Waals surface area (Å²) in [6, 6.07) is 6.20. The lowest BCUT2D eigenvalue weighted by Crippen LogP contribution is -2.26. The number of carbonyl (C=O) groups excluding carboxylic acids is 1. The lowest BCUT2D eigenvalue weighted by Gasteiger charge is -2.10. The van der Waals surface area contributed by atoms with Crippen molar-refractivity contribution in [2.75, 3.05) is 0 Å². The molecule has 23 heavy (non-hydrogen) atoms. The minimum atomic E-state index is -4.63. The smallest absolute Gasteiger partial charge is 0.311 e. The first-order valence-electron chi connectivity index (χ1n) is 7.32. The van der Waals surface area contributed by atoms with Crippen LogP contribution >= 0.6 is 0 Å². The second-order valence-electron chi connectivity index (χ2n) is 5.43. The molecule has 0 radical (unpaired) electrons. The third-order valence-corrected chi connectivity index (χ3v) is 3.73. The standard InChI is InChI=1S/C15H15F3N4O/c16-15(17,18)14-19-11-7-3-4-8-12(11)22(14)9-13(23)21-20-10-5-1-2-6-10/h3-4,7-8H,1-2,5-6,9H2,(H,21,23). The van der Waals surface area contributed by atoms with Gasteiger partial charge in [-0.15, -0.1) is 0 Å². The van der Waals surface area contributed by atoms with E-state index >= 15 is 0 Å². The van der Waals surface area contributed by atoms with Gasteiger partial charge in [0.2, 0.25) is 5.82 Å². The van der Waals surface area contributed by atoms with Crippen molar-refractivity contribution < 1.29 is 18.0 Å². The number of para-hydroxylation sites is 2. The number of alkyl halides is 3. The van der Waals surface area contributed by atoms with Crippen LogP contribution in [0, 0.1) is 0 Å². The van der Waals surface area contributed by atoms with E-state index in [0.717, 1.165) is 36.0 Å². The second kappa shape index (κ2) is 6.02. The monoisotopic (exact) mass is 324 g/mol. The lowest BCUT2D eigenvalue weighted by atomic mass is 10.3. The van der Waals surface area contributed by atoms with Crippen LogP contribution in [0.3, 0.4) is 0 Å². The number of hydrogen-bond donors (Lipinski definition) is 1. The summed E-state index contributed by atoms with van der Waals surface area (Å²) in [4.78, 5) is 15.6. The van der Waals surface area contributed by atoms with E-state index in [-0.39, 0.29) is 11.0 Å². The van der Waals surface area contributed by atoms with Crippen molar-refractivity contribution >= 4 is 22.7 Å².